The number of hydrogen-bond acceptors (Lipinski definition) is 5. The molecule has 3 aromatic carbocycles. The van der Waals surface area contributed by atoms with Gasteiger partial charge in [-0.1, -0.05) is 17.7 Å². The first-order valence-electron chi connectivity index (χ1n) is 8.60. The summed E-state index contributed by atoms with van der Waals surface area (Å²) in [7, 11) is 0. The molecule has 4 aromatic rings. The van der Waals surface area contributed by atoms with Crippen molar-refractivity contribution in [3.05, 3.63) is 86.9 Å². The van der Waals surface area contributed by atoms with Crippen LogP contribution in [0.1, 0.15) is 15.9 Å². The van der Waals surface area contributed by atoms with Gasteiger partial charge in [0.15, 0.2) is 0 Å². The second-order valence-electron chi connectivity index (χ2n) is 6.38. The molecule has 0 spiro atoms. The van der Waals surface area contributed by atoms with E-state index >= 15 is 0 Å². The van der Waals surface area contributed by atoms with E-state index in [4.69, 9.17) is 11.6 Å². The number of benzene rings is 3. The number of non-ortho nitro benzene ring substituents is 1. The Labute approximate surface area is 169 Å². The molecule has 1 aromatic heterocycles. The molecule has 0 fully saturated rings. The van der Waals surface area contributed by atoms with Crippen LogP contribution in [0.25, 0.3) is 16.7 Å². The van der Waals surface area contributed by atoms with Gasteiger partial charge in [0.1, 0.15) is 11.0 Å². The first-order valence-corrected chi connectivity index (χ1v) is 8.98. The molecule has 0 aliphatic rings. The van der Waals surface area contributed by atoms with Crippen molar-refractivity contribution in [3.8, 4) is 5.69 Å². The number of hydrogen-bond donors (Lipinski definition) is 1. The topological polar surface area (TPSA) is 103 Å². The maximum absolute atomic E-state index is 12.5. The molecule has 0 unspecified atom stereocenters. The van der Waals surface area contributed by atoms with Crippen molar-refractivity contribution < 1.29 is 9.72 Å². The van der Waals surface area contributed by atoms with E-state index in [9.17, 15) is 14.9 Å². The Morgan fingerprint density at radius 2 is 1.76 bits per heavy atom. The Hall–Kier alpha value is -3.78. The van der Waals surface area contributed by atoms with Gasteiger partial charge >= 0.3 is 0 Å². The van der Waals surface area contributed by atoms with Crippen LogP contribution in [0, 0.1) is 17.0 Å². The number of amides is 1. The molecule has 4 rings (SSSR count). The number of aryl methyl sites for hydroxylation is 1. The van der Waals surface area contributed by atoms with Crippen LogP contribution in [0.15, 0.2) is 60.7 Å². The van der Waals surface area contributed by atoms with Crippen LogP contribution < -0.4 is 5.32 Å². The van der Waals surface area contributed by atoms with E-state index in [0.29, 0.717) is 21.7 Å². The summed E-state index contributed by atoms with van der Waals surface area (Å²) in [5.41, 5.74) is 3.42. The van der Waals surface area contributed by atoms with E-state index in [2.05, 4.69) is 15.5 Å². The van der Waals surface area contributed by atoms with E-state index in [-0.39, 0.29) is 11.3 Å². The molecule has 0 bridgehead atoms. The van der Waals surface area contributed by atoms with Gasteiger partial charge in [-0.15, -0.1) is 10.2 Å². The molecular formula is C20H14ClN5O3. The van der Waals surface area contributed by atoms with Crippen LogP contribution in [0.5, 0.6) is 0 Å². The van der Waals surface area contributed by atoms with E-state index in [1.165, 1.54) is 29.1 Å². The van der Waals surface area contributed by atoms with Crippen molar-refractivity contribution in [1.29, 1.82) is 0 Å². The molecule has 1 heterocycles. The molecule has 29 heavy (non-hydrogen) atoms. The third-order valence-electron chi connectivity index (χ3n) is 4.35. The number of rotatable bonds is 4. The summed E-state index contributed by atoms with van der Waals surface area (Å²) in [5, 5.41) is 23.2. The van der Waals surface area contributed by atoms with Crippen LogP contribution in [0.4, 0.5) is 11.4 Å². The number of anilines is 1. The lowest BCUT2D eigenvalue weighted by Crippen LogP contribution is -2.13. The molecule has 0 atom stereocenters. The highest BCUT2D eigenvalue weighted by Gasteiger charge is 2.14. The zero-order chi connectivity index (χ0) is 20.5. The molecule has 0 aliphatic carbocycles. The van der Waals surface area contributed by atoms with Crippen LogP contribution in [-0.4, -0.2) is 25.8 Å². The Morgan fingerprint density at radius 1 is 1.07 bits per heavy atom. The van der Waals surface area contributed by atoms with Crippen LogP contribution in [-0.2, 0) is 0 Å². The summed E-state index contributed by atoms with van der Waals surface area (Å²) in [6, 6.07) is 16.2. The smallest absolute Gasteiger partial charge is 0.270 e. The lowest BCUT2D eigenvalue weighted by atomic mass is 10.1. The van der Waals surface area contributed by atoms with Crippen molar-refractivity contribution >= 4 is 39.9 Å². The number of fused-ring (bicyclic) bond motifs is 1. The van der Waals surface area contributed by atoms with E-state index in [1.807, 2.05) is 13.0 Å². The fourth-order valence-electron chi connectivity index (χ4n) is 2.85. The van der Waals surface area contributed by atoms with E-state index < -0.39 is 10.8 Å². The Balaban J connectivity index is 1.65. The second-order valence-corrected chi connectivity index (χ2v) is 6.82. The standard InChI is InChI=1S/C20H14ClN5O3/c1-12-9-18-19(24-25(23-18)15-7-5-14(21)6-8-15)11-17(12)22-20(27)13-3-2-4-16(10-13)26(28)29/h2-11H,1H3,(H,22,27). The minimum Gasteiger partial charge on any atom is -0.322 e. The van der Waals surface area contributed by atoms with Crippen LogP contribution in [0.3, 0.4) is 0 Å². The Kier molecular flexibility index (Phi) is 4.69. The highest BCUT2D eigenvalue weighted by atomic mass is 35.5. The summed E-state index contributed by atoms with van der Waals surface area (Å²) in [6.07, 6.45) is 0. The summed E-state index contributed by atoms with van der Waals surface area (Å²) in [4.78, 5) is 24.4. The van der Waals surface area contributed by atoms with Gasteiger partial charge in [0, 0.05) is 28.4 Å². The van der Waals surface area contributed by atoms with Gasteiger partial charge in [-0.05, 0) is 55.0 Å². The van der Waals surface area contributed by atoms with Crippen molar-refractivity contribution in [3.63, 3.8) is 0 Å². The first kappa shape index (κ1) is 18.6. The molecular weight excluding hydrogens is 394 g/mol. The number of aromatic nitrogens is 3. The summed E-state index contributed by atoms with van der Waals surface area (Å²) >= 11 is 5.92. The van der Waals surface area contributed by atoms with Crippen molar-refractivity contribution in [1.82, 2.24) is 15.0 Å². The highest BCUT2D eigenvalue weighted by Crippen LogP contribution is 2.23. The molecule has 144 valence electrons. The number of carbonyl (C=O) groups excluding carboxylic acids is 1. The van der Waals surface area contributed by atoms with Crippen LogP contribution >= 0.6 is 11.6 Å². The molecule has 0 saturated carbocycles. The number of nitro groups is 1. The summed E-state index contributed by atoms with van der Waals surface area (Å²) in [6.45, 7) is 1.84. The maximum Gasteiger partial charge on any atom is 0.270 e. The SMILES string of the molecule is Cc1cc2nn(-c3ccc(Cl)cc3)nc2cc1NC(=O)c1cccc([N+](=O)[O-])c1. The molecule has 0 aliphatic heterocycles. The largest absolute Gasteiger partial charge is 0.322 e. The number of nitrogens with one attached hydrogen (secondary N) is 1. The van der Waals surface area contributed by atoms with Gasteiger partial charge in [-0.3, -0.25) is 14.9 Å². The van der Waals surface area contributed by atoms with Gasteiger partial charge in [-0.2, -0.15) is 4.80 Å². The maximum atomic E-state index is 12.5. The number of nitro benzene ring substituents is 1. The molecule has 1 amide bonds. The minimum atomic E-state index is -0.539. The van der Waals surface area contributed by atoms with Gasteiger partial charge in [0.2, 0.25) is 0 Å². The lowest BCUT2D eigenvalue weighted by molar-refractivity contribution is -0.384. The van der Waals surface area contributed by atoms with Gasteiger partial charge in [0.25, 0.3) is 11.6 Å². The number of halogens is 1. The quantitative estimate of drug-likeness (QED) is 0.395. The van der Waals surface area contributed by atoms with E-state index in [0.717, 1.165) is 11.3 Å². The van der Waals surface area contributed by atoms with Crippen molar-refractivity contribution in [2.24, 2.45) is 0 Å². The first-order chi connectivity index (χ1) is 13.9. The highest BCUT2D eigenvalue weighted by molar-refractivity contribution is 6.30. The number of carbonyl (C=O) groups is 1. The minimum absolute atomic E-state index is 0.143. The molecule has 0 saturated heterocycles. The fraction of sp³-hybridized carbons (Fsp3) is 0.0500. The number of nitrogens with zero attached hydrogens (tertiary/aromatic N) is 4. The zero-order valence-corrected chi connectivity index (χ0v) is 15.9. The van der Waals surface area contributed by atoms with Crippen molar-refractivity contribution in [2.75, 3.05) is 5.32 Å². The third kappa shape index (κ3) is 3.78. The summed E-state index contributed by atoms with van der Waals surface area (Å²) < 4.78 is 0. The average Bonchev–Trinajstić information content (AvgIpc) is 3.11. The monoisotopic (exact) mass is 407 g/mol. The Morgan fingerprint density at radius 3 is 2.45 bits per heavy atom. The molecule has 9 heteroatoms. The van der Waals surface area contributed by atoms with Gasteiger partial charge < -0.3 is 5.32 Å². The average molecular weight is 408 g/mol. The third-order valence-corrected chi connectivity index (χ3v) is 4.60. The second kappa shape index (κ2) is 7.33. The Bertz CT molecular complexity index is 1250. The molecule has 8 nitrogen and oxygen atoms in total. The van der Waals surface area contributed by atoms with E-state index in [1.54, 1.807) is 30.3 Å². The fourth-order valence-corrected chi connectivity index (χ4v) is 2.97. The normalized spacial score (nSPS) is 10.8. The summed E-state index contributed by atoms with van der Waals surface area (Å²) in [5.74, 6) is -0.443. The molecule has 0 radical (unpaired) electrons. The van der Waals surface area contributed by atoms with Crippen molar-refractivity contribution in [2.45, 2.75) is 6.92 Å². The van der Waals surface area contributed by atoms with Gasteiger partial charge in [0.05, 0.1) is 10.6 Å². The lowest BCUT2D eigenvalue weighted by Gasteiger charge is -2.08. The molecule has 1 N–H and O–H groups in total. The van der Waals surface area contributed by atoms with Crippen LogP contribution in [0.2, 0.25) is 5.02 Å². The zero-order valence-electron chi connectivity index (χ0n) is 15.2. The van der Waals surface area contributed by atoms with Gasteiger partial charge in [-0.25, -0.2) is 0 Å². The predicted octanol–water partition coefficient (Wildman–Crippen LogP) is 4.54. The predicted molar refractivity (Wildman–Crippen MR) is 110 cm³/mol.